The van der Waals surface area contributed by atoms with Gasteiger partial charge in [0, 0.05) is 5.56 Å². The number of halogens is 1. The summed E-state index contributed by atoms with van der Waals surface area (Å²) in [5.74, 6) is -0.283. The van der Waals surface area contributed by atoms with E-state index in [1.165, 1.54) is 11.0 Å². The van der Waals surface area contributed by atoms with Crippen molar-refractivity contribution in [1.29, 1.82) is 0 Å². The van der Waals surface area contributed by atoms with Crippen LogP contribution in [0.25, 0.3) is 0 Å². The Morgan fingerprint density at radius 3 is 2.37 bits per heavy atom. The average Bonchev–Trinajstić information content (AvgIpc) is 3.12. The van der Waals surface area contributed by atoms with E-state index in [4.69, 9.17) is 15.2 Å². The minimum Gasteiger partial charge on any atom is -0.489 e. The number of likely N-dealkylation sites (tertiary alicyclic amines) is 1. The fourth-order valence-corrected chi connectivity index (χ4v) is 3.55. The van der Waals surface area contributed by atoms with E-state index in [1.54, 1.807) is 51.1 Å². The Morgan fingerprint density at radius 1 is 1.10 bits per heavy atom. The summed E-state index contributed by atoms with van der Waals surface area (Å²) in [5.41, 5.74) is 6.16. The van der Waals surface area contributed by atoms with Crippen LogP contribution >= 0.6 is 0 Å². The SMILES string of the molecule is CC(C)(C)OC(=O)N1C(C(N)=O)CC[C@H]1c1ccc(OCc2ccccc2F)cc1. The van der Waals surface area contributed by atoms with Crippen molar-refractivity contribution in [3.8, 4) is 5.75 Å². The first kappa shape index (κ1) is 21.6. The largest absolute Gasteiger partial charge is 0.489 e. The number of benzene rings is 2. The van der Waals surface area contributed by atoms with Crippen molar-refractivity contribution in [3.05, 3.63) is 65.5 Å². The highest BCUT2D eigenvalue weighted by molar-refractivity contribution is 5.85. The van der Waals surface area contributed by atoms with Crippen LogP contribution in [0.15, 0.2) is 48.5 Å². The van der Waals surface area contributed by atoms with Gasteiger partial charge in [0.15, 0.2) is 0 Å². The number of ether oxygens (including phenoxy) is 2. The van der Waals surface area contributed by atoms with E-state index in [-0.39, 0.29) is 18.5 Å². The molecule has 0 aliphatic carbocycles. The van der Waals surface area contributed by atoms with Crippen LogP contribution in [0.1, 0.15) is 50.8 Å². The molecule has 7 heteroatoms. The normalized spacial score (nSPS) is 18.9. The Morgan fingerprint density at radius 2 is 1.77 bits per heavy atom. The molecule has 1 aliphatic heterocycles. The fourth-order valence-electron chi connectivity index (χ4n) is 3.55. The van der Waals surface area contributed by atoms with E-state index in [0.29, 0.717) is 24.2 Å². The highest BCUT2D eigenvalue weighted by atomic mass is 19.1. The van der Waals surface area contributed by atoms with Crippen molar-refractivity contribution in [3.63, 3.8) is 0 Å². The zero-order valence-electron chi connectivity index (χ0n) is 17.4. The molecule has 2 aromatic carbocycles. The van der Waals surface area contributed by atoms with Gasteiger partial charge in [-0.15, -0.1) is 0 Å². The lowest BCUT2D eigenvalue weighted by Crippen LogP contribution is -2.46. The number of carbonyl (C=O) groups excluding carboxylic acids is 2. The maximum atomic E-state index is 13.7. The third-order valence-electron chi connectivity index (χ3n) is 4.93. The molecule has 6 nitrogen and oxygen atoms in total. The van der Waals surface area contributed by atoms with Gasteiger partial charge in [-0.05, 0) is 57.4 Å². The van der Waals surface area contributed by atoms with Crippen LogP contribution < -0.4 is 10.5 Å². The molecule has 0 radical (unpaired) electrons. The molecule has 0 aromatic heterocycles. The number of hydrogen-bond donors (Lipinski definition) is 1. The Kier molecular flexibility index (Phi) is 6.29. The summed E-state index contributed by atoms with van der Waals surface area (Å²) >= 11 is 0. The summed E-state index contributed by atoms with van der Waals surface area (Å²) in [7, 11) is 0. The molecule has 0 saturated carbocycles. The lowest BCUT2D eigenvalue weighted by molar-refractivity contribution is -0.122. The topological polar surface area (TPSA) is 81.9 Å². The van der Waals surface area contributed by atoms with Crippen LogP contribution in [0.4, 0.5) is 9.18 Å². The molecule has 2 amide bonds. The Labute approximate surface area is 175 Å². The minimum absolute atomic E-state index is 0.114. The van der Waals surface area contributed by atoms with Gasteiger partial charge in [0.1, 0.15) is 29.8 Å². The Bertz CT molecular complexity index is 908. The number of rotatable bonds is 5. The van der Waals surface area contributed by atoms with Crippen molar-refractivity contribution in [2.75, 3.05) is 0 Å². The predicted molar refractivity (Wildman–Crippen MR) is 110 cm³/mol. The van der Waals surface area contributed by atoms with Crippen LogP contribution in [0, 0.1) is 5.82 Å². The fraction of sp³-hybridized carbons (Fsp3) is 0.391. The van der Waals surface area contributed by atoms with Crippen molar-refractivity contribution < 1.29 is 23.5 Å². The average molecular weight is 414 g/mol. The molecule has 1 saturated heterocycles. The van der Waals surface area contributed by atoms with Crippen molar-refractivity contribution >= 4 is 12.0 Å². The lowest BCUT2D eigenvalue weighted by Gasteiger charge is -2.31. The number of carbonyl (C=O) groups is 2. The molecule has 3 rings (SSSR count). The summed E-state index contributed by atoms with van der Waals surface area (Å²) < 4.78 is 24.9. The first-order chi connectivity index (χ1) is 14.2. The molecule has 0 spiro atoms. The lowest BCUT2D eigenvalue weighted by atomic mass is 10.0. The molecular weight excluding hydrogens is 387 g/mol. The van der Waals surface area contributed by atoms with Crippen LogP contribution in [0.5, 0.6) is 5.75 Å². The van der Waals surface area contributed by atoms with E-state index >= 15 is 0 Å². The van der Waals surface area contributed by atoms with Gasteiger partial charge in [-0.3, -0.25) is 9.69 Å². The molecule has 1 fully saturated rings. The van der Waals surface area contributed by atoms with Gasteiger partial charge < -0.3 is 15.2 Å². The minimum atomic E-state index is -0.707. The zero-order chi connectivity index (χ0) is 21.9. The van der Waals surface area contributed by atoms with Crippen LogP contribution in [0.3, 0.4) is 0 Å². The van der Waals surface area contributed by atoms with Crippen molar-refractivity contribution in [1.82, 2.24) is 4.90 Å². The highest BCUT2D eigenvalue weighted by Crippen LogP contribution is 2.37. The second-order valence-corrected chi connectivity index (χ2v) is 8.35. The van der Waals surface area contributed by atoms with Crippen LogP contribution in [-0.2, 0) is 16.1 Å². The summed E-state index contributed by atoms with van der Waals surface area (Å²) in [6.07, 6.45) is 0.515. The van der Waals surface area contributed by atoms with Gasteiger partial charge in [-0.25, -0.2) is 9.18 Å². The molecule has 0 bridgehead atoms. The maximum absolute atomic E-state index is 13.7. The third-order valence-corrected chi connectivity index (χ3v) is 4.93. The van der Waals surface area contributed by atoms with Gasteiger partial charge >= 0.3 is 6.09 Å². The van der Waals surface area contributed by atoms with Gasteiger partial charge in [0.05, 0.1) is 6.04 Å². The Balaban J connectivity index is 1.74. The standard InChI is InChI=1S/C23H27FN2O4/c1-23(2,3)30-22(28)26-19(12-13-20(26)21(25)27)15-8-10-17(11-9-15)29-14-16-6-4-5-7-18(16)24/h4-11,19-20H,12-14H2,1-3H3,(H2,25,27)/t19-,20?/m0/s1. The van der Waals surface area contributed by atoms with E-state index < -0.39 is 23.6 Å². The zero-order valence-corrected chi connectivity index (χ0v) is 17.4. The second kappa shape index (κ2) is 8.73. The van der Waals surface area contributed by atoms with E-state index in [9.17, 15) is 14.0 Å². The number of nitrogens with zero attached hydrogens (tertiary/aromatic N) is 1. The monoisotopic (exact) mass is 414 g/mol. The van der Waals surface area contributed by atoms with Crippen LogP contribution in [0.2, 0.25) is 0 Å². The summed E-state index contributed by atoms with van der Waals surface area (Å²) in [6, 6.07) is 12.6. The first-order valence-corrected chi connectivity index (χ1v) is 9.92. The third kappa shape index (κ3) is 5.09. The number of hydrogen-bond acceptors (Lipinski definition) is 4. The molecule has 1 aliphatic rings. The van der Waals surface area contributed by atoms with Crippen LogP contribution in [-0.4, -0.2) is 28.5 Å². The molecule has 30 heavy (non-hydrogen) atoms. The number of primary amides is 1. The second-order valence-electron chi connectivity index (χ2n) is 8.35. The van der Waals surface area contributed by atoms with E-state index in [1.807, 2.05) is 12.1 Å². The molecule has 1 unspecified atom stereocenters. The molecule has 160 valence electrons. The summed E-state index contributed by atoms with van der Waals surface area (Å²) in [5, 5.41) is 0. The summed E-state index contributed by atoms with van der Waals surface area (Å²) in [4.78, 5) is 26.1. The van der Waals surface area contributed by atoms with Gasteiger partial charge in [-0.2, -0.15) is 0 Å². The van der Waals surface area contributed by atoms with Gasteiger partial charge in [-0.1, -0.05) is 30.3 Å². The Hall–Kier alpha value is -3.09. The van der Waals surface area contributed by atoms with E-state index in [0.717, 1.165) is 5.56 Å². The molecular formula is C23H27FN2O4. The predicted octanol–water partition coefficient (Wildman–Crippen LogP) is 4.33. The number of amides is 2. The number of nitrogens with two attached hydrogens (primary N) is 1. The molecule has 2 N–H and O–H groups in total. The van der Waals surface area contributed by atoms with E-state index in [2.05, 4.69) is 0 Å². The highest BCUT2D eigenvalue weighted by Gasteiger charge is 2.42. The smallest absolute Gasteiger partial charge is 0.411 e. The van der Waals surface area contributed by atoms with Gasteiger partial charge in [0.25, 0.3) is 0 Å². The molecule has 1 heterocycles. The first-order valence-electron chi connectivity index (χ1n) is 9.92. The molecule has 2 atom stereocenters. The molecule has 2 aromatic rings. The van der Waals surface area contributed by atoms with Crippen molar-refractivity contribution in [2.45, 2.75) is 57.9 Å². The quantitative estimate of drug-likeness (QED) is 0.790. The summed E-state index contributed by atoms with van der Waals surface area (Å²) in [6.45, 7) is 5.44. The maximum Gasteiger partial charge on any atom is 0.411 e. The van der Waals surface area contributed by atoms with Gasteiger partial charge in [0.2, 0.25) is 5.91 Å². The van der Waals surface area contributed by atoms with Crippen molar-refractivity contribution in [2.24, 2.45) is 5.73 Å².